The fourth-order valence-corrected chi connectivity index (χ4v) is 3.37. The predicted octanol–water partition coefficient (Wildman–Crippen LogP) is 3.04. The van der Waals surface area contributed by atoms with Crippen molar-refractivity contribution < 1.29 is 9.53 Å². The summed E-state index contributed by atoms with van der Waals surface area (Å²) in [5.41, 5.74) is 0.886. The number of hydrogen-bond acceptors (Lipinski definition) is 3. The molecule has 108 valence electrons. The highest BCUT2D eigenvalue weighted by Gasteiger charge is 2.36. The fraction of sp³-hybridized carbons (Fsp3) is 0.588. The number of piperidine rings is 1. The van der Waals surface area contributed by atoms with Crippen molar-refractivity contribution in [2.45, 2.75) is 50.5 Å². The summed E-state index contributed by atoms with van der Waals surface area (Å²) in [5.74, 6) is 1.63. The average molecular weight is 273 g/mol. The highest BCUT2D eigenvalue weighted by atomic mass is 16.5. The summed E-state index contributed by atoms with van der Waals surface area (Å²) in [6.07, 6.45) is 4.88. The lowest BCUT2D eigenvalue weighted by Crippen LogP contribution is -2.52. The third-order valence-electron chi connectivity index (χ3n) is 4.75. The predicted molar refractivity (Wildman–Crippen MR) is 79.2 cm³/mol. The number of rotatable bonds is 3. The first-order chi connectivity index (χ1) is 9.69. The molecule has 0 amide bonds. The third kappa shape index (κ3) is 2.59. The molecule has 3 nitrogen and oxygen atoms in total. The maximum absolute atomic E-state index is 12.7. The van der Waals surface area contributed by atoms with Gasteiger partial charge >= 0.3 is 0 Å². The molecule has 0 aliphatic carbocycles. The van der Waals surface area contributed by atoms with Crippen molar-refractivity contribution in [2.24, 2.45) is 0 Å². The van der Waals surface area contributed by atoms with Gasteiger partial charge in [-0.1, -0.05) is 18.2 Å². The molecule has 2 atom stereocenters. The minimum absolute atomic E-state index is 0.313. The van der Waals surface area contributed by atoms with Crippen LogP contribution in [0.4, 0.5) is 0 Å². The number of benzene rings is 1. The van der Waals surface area contributed by atoms with Gasteiger partial charge in [-0.3, -0.25) is 4.79 Å². The van der Waals surface area contributed by atoms with Crippen LogP contribution in [0.1, 0.15) is 50.5 Å². The summed E-state index contributed by atoms with van der Waals surface area (Å²) in [4.78, 5) is 12.7. The van der Waals surface area contributed by atoms with Gasteiger partial charge in [-0.25, -0.2) is 0 Å². The smallest absolute Gasteiger partial charge is 0.153 e. The second-order valence-corrected chi connectivity index (χ2v) is 6.22. The zero-order valence-corrected chi connectivity index (χ0v) is 12.2. The maximum Gasteiger partial charge on any atom is 0.153 e. The molecule has 2 aliphatic heterocycles. The second kappa shape index (κ2) is 5.57. The Kier molecular flexibility index (Phi) is 3.79. The minimum Gasteiger partial charge on any atom is -0.493 e. The molecule has 1 aromatic rings. The van der Waals surface area contributed by atoms with Crippen LogP contribution in [0.25, 0.3) is 0 Å². The monoisotopic (exact) mass is 273 g/mol. The zero-order chi connectivity index (χ0) is 14.0. The van der Waals surface area contributed by atoms with E-state index in [0.29, 0.717) is 18.1 Å². The quantitative estimate of drug-likeness (QED) is 0.920. The van der Waals surface area contributed by atoms with Gasteiger partial charge in [0, 0.05) is 6.42 Å². The van der Waals surface area contributed by atoms with Crippen molar-refractivity contribution in [1.29, 1.82) is 0 Å². The Hall–Kier alpha value is -1.35. The van der Waals surface area contributed by atoms with Gasteiger partial charge in [-0.15, -0.1) is 0 Å². The van der Waals surface area contributed by atoms with E-state index in [4.69, 9.17) is 4.74 Å². The zero-order valence-electron chi connectivity index (χ0n) is 12.2. The number of fused-ring (bicyclic) bond motifs is 1. The molecule has 1 fully saturated rings. The van der Waals surface area contributed by atoms with Crippen LogP contribution in [0.15, 0.2) is 24.3 Å². The van der Waals surface area contributed by atoms with Crippen molar-refractivity contribution >= 4 is 5.78 Å². The summed E-state index contributed by atoms with van der Waals surface area (Å²) in [5, 5.41) is 3.43. The van der Waals surface area contributed by atoms with Gasteiger partial charge in [-0.05, 0) is 56.7 Å². The molecule has 1 aromatic carbocycles. The standard InChI is InChI=1S/C17H23NO2/c1-17(9-4-5-10-18-17)16(19)12-13-8-11-20-15-7-3-2-6-14(13)15/h2-3,6-7,13,18H,4-5,8-12H2,1H3. The number of carbonyl (C=O) groups excluding carboxylic acids is 1. The van der Waals surface area contributed by atoms with Crippen LogP contribution in [0, 0.1) is 0 Å². The Morgan fingerprint density at radius 2 is 2.25 bits per heavy atom. The number of hydrogen-bond donors (Lipinski definition) is 1. The van der Waals surface area contributed by atoms with Gasteiger partial charge in [0.1, 0.15) is 5.75 Å². The van der Waals surface area contributed by atoms with E-state index < -0.39 is 0 Å². The van der Waals surface area contributed by atoms with Crippen LogP contribution < -0.4 is 10.1 Å². The molecule has 3 rings (SSSR count). The number of Topliss-reactive ketones (excluding diaryl/α,β-unsaturated/α-hetero) is 1. The van der Waals surface area contributed by atoms with Gasteiger partial charge in [0.05, 0.1) is 12.1 Å². The van der Waals surface area contributed by atoms with E-state index in [1.807, 2.05) is 18.2 Å². The first-order valence-corrected chi connectivity index (χ1v) is 7.69. The lowest BCUT2D eigenvalue weighted by atomic mass is 9.80. The van der Waals surface area contributed by atoms with Crippen LogP contribution in [-0.4, -0.2) is 24.5 Å². The van der Waals surface area contributed by atoms with Crippen molar-refractivity contribution in [1.82, 2.24) is 5.32 Å². The average Bonchev–Trinajstić information content (AvgIpc) is 2.48. The van der Waals surface area contributed by atoms with Crippen LogP contribution in [-0.2, 0) is 4.79 Å². The Balaban J connectivity index is 1.74. The summed E-state index contributed by atoms with van der Waals surface area (Å²) >= 11 is 0. The van der Waals surface area contributed by atoms with E-state index in [1.54, 1.807) is 0 Å². The lowest BCUT2D eigenvalue weighted by molar-refractivity contribution is -0.126. The number of carbonyl (C=O) groups is 1. The van der Waals surface area contributed by atoms with Crippen molar-refractivity contribution in [3.05, 3.63) is 29.8 Å². The summed E-state index contributed by atoms with van der Waals surface area (Å²) < 4.78 is 5.68. The summed E-state index contributed by atoms with van der Waals surface area (Å²) in [6, 6.07) is 8.13. The van der Waals surface area contributed by atoms with Crippen LogP contribution in [0.3, 0.4) is 0 Å². The molecule has 3 heteroatoms. The molecule has 0 radical (unpaired) electrons. The Morgan fingerprint density at radius 3 is 3.05 bits per heavy atom. The Bertz CT molecular complexity index is 492. The van der Waals surface area contributed by atoms with Gasteiger partial charge in [0.25, 0.3) is 0 Å². The van der Waals surface area contributed by atoms with Gasteiger partial charge < -0.3 is 10.1 Å². The molecule has 0 saturated carbocycles. The molecular formula is C17H23NO2. The molecule has 2 heterocycles. The second-order valence-electron chi connectivity index (χ2n) is 6.22. The van der Waals surface area contributed by atoms with E-state index in [1.165, 1.54) is 12.0 Å². The fourth-order valence-electron chi connectivity index (χ4n) is 3.37. The van der Waals surface area contributed by atoms with Crippen LogP contribution >= 0.6 is 0 Å². The molecule has 1 N–H and O–H groups in total. The molecule has 0 spiro atoms. The third-order valence-corrected chi connectivity index (χ3v) is 4.75. The molecule has 0 aromatic heterocycles. The van der Waals surface area contributed by atoms with Crippen molar-refractivity contribution in [3.8, 4) is 5.75 Å². The van der Waals surface area contributed by atoms with E-state index >= 15 is 0 Å². The topological polar surface area (TPSA) is 38.3 Å². The first kappa shape index (κ1) is 13.6. The minimum atomic E-state index is -0.314. The van der Waals surface area contributed by atoms with Gasteiger partial charge in [-0.2, -0.15) is 0 Å². The summed E-state index contributed by atoms with van der Waals surface area (Å²) in [6.45, 7) is 3.76. The SMILES string of the molecule is CC1(C(=O)CC2CCOc3ccccc32)CCCCN1. The van der Waals surface area contributed by atoms with Crippen LogP contribution in [0.5, 0.6) is 5.75 Å². The molecule has 1 saturated heterocycles. The Labute approximate surface area is 120 Å². The number of ether oxygens (including phenoxy) is 1. The number of ketones is 1. The van der Waals surface area contributed by atoms with Crippen molar-refractivity contribution in [2.75, 3.05) is 13.2 Å². The molecular weight excluding hydrogens is 250 g/mol. The van der Waals surface area contributed by atoms with Gasteiger partial charge in [0.2, 0.25) is 0 Å². The highest BCUT2D eigenvalue weighted by molar-refractivity contribution is 5.88. The molecule has 2 aliphatic rings. The van der Waals surface area contributed by atoms with E-state index in [-0.39, 0.29) is 5.54 Å². The van der Waals surface area contributed by atoms with Crippen molar-refractivity contribution in [3.63, 3.8) is 0 Å². The van der Waals surface area contributed by atoms with E-state index in [9.17, 15) is 4.79 Å². The highest BCUT2D eigenvalue weighted by Crippen LogP contribution is 2.37. The van der Waals surface area contributed by atoms with Crippen LogP contribution in [0.2, 0.25) is 0 Å². The molecule has 20 heavy (non-hydrogen) atoms. The largest absolute Gasteiger partial charge is 0.493 e. The Morgan fingerprint density at radius 1 is 1.40 bits per heavy atom. The maximum atomic E-state index is 12.7. The molecule has 2 unspecified atom stereocenters. The lowest BCUT2D eigenvalue weighted by Gasteiger charge is -2.35. The van der Waals surface area contributed by atoms with Gasteiger partial charge in [0.15, 0.2) is 5.78 Å². The van der Waals surface area contributed by atoms with E-state index in [0.717, 1.165) is 38.2 Å². The first-order valence-electron chi connectivity index (χ1n) is 7.69. The van der Waals surface area contributed by atoms with E-state index in [2.05, 4.69) is 18.3 Å². The molecule has 0 bridgehead atoms. The number of para-hydroxylation sites is 1. The number of nitrogens with one attached hydrogen (secondary N) is 1. The normalized spacial score (nSPS) is 29.4. The summed E-state index contributed by atoms with van der Waals surface area (Å²) in [7, 11) is 0.